The van der Waals surface area contributed by atoms with Crippen LogP contribution in [0, 0.1) is 0 Å². The number of benzene rings is 3. The highest BCUT2D eigenvalue weighted by atomic mass is 16.8. The van der Waals surface area contributed by atoms with Gasteiger partial charge in [0.25, 0.3) is 0 Å². The first-order chi connectivity index (χ1) is 14.3. The van der Waals surface area contributed by atoms with Gasteiger partial charge in [-0.25, -0.2) is 4.79 Å². The summed E-state index contributed by atoms with van der Waals surface area (Å²) in [6.07, 6.45) is 1.19. The minimum atomic E-state index is -0.647. The third-order valence-corrected chi connectivity index (χ3v) is 5.33. The molecular formula is C23H22O6. The van der Waals surface area contributed by atoms with Crippen LogP contribution in [0.3, 0.4) is 0 Å². The molecule has 2 atom stereocenters. The second-order valence-electron chi connectivity index (χ2n) is 7.31. The molecule has 0 aromatic heterocycles. The molecule has 2 aliphatic rings. The quantitative estimate of drug-likeness (QED) is 0.454. The largest absolute Gasteiger partial charge is 0.508 e. The van der Waals surface area contributed by atoms with E-state index in [1.807, 2.05) is 48.5 Å². The van der Waals surface area contributed by atoms with Gasteiger partial charge in [-0.05, 0) is 12.8 Å². The van der Waals surface area contributed by atoms with Gasteiger partial charge in [-0.15, -0.1) is 0 Å². The Morgan fingerprint density at radius 1 is 0.828 bits per heavy atom. The number of rotatable bonds is 6. The van der Waals surface area contributed by atoms with Gasteiger partial charge in [-0.3, -0.25) is 0 Å². The first-order valence-corrected chi connectivity index (χ1v) is 9.93. The summed E-state index contributed by atoms with van der Waals surface area (Å²) in [5.74, 6) is 1.60. The van der Waals surface area contributed by atoms with Crippen LogP contribution in [0.1, 0.15) is 12.8 Å². The molecule has 2 unspecified atom stereocenters. The fourth-order valence-electron chi connectivity index (χ4n) is 3.94. The van der Waals surface area contributed by atoms with Crippen molar-refractivity contribution in [1.29, 1.82) is 0 Å². The van der Waals surface area contributed by atoms with Crippen LogP contribution in [0.4, 0.5) is 4.79 Å². The third kappa shape index (κ3) is 3.56. The molecule has 2 heterocycles. The highest BCUT2D eigenvalue weighted by molar-refractivity contribution is 6.11. The minimum Gasteiger partial charge on any atom is -0.490 e. The predicted molar refractivity (Wildman–Crippen MR) is 108 cm³/mol. The van der Waals surface area contributed by atoms with E-state index >= 15 is 0 Å². The molecule has 0 amide bonds. The van der Waals surface area contributed by atoms with Crippen LogP contribution in [-0.4, -0.2) is 44.8 Å². The van der Waals surface area contributed by atoms with E-state index < -0.39 is 12.3 Å². The Balaban J connectivity index is 1.53. The first kappa shape index (κ1) is 18.1. The van der Waals surface area contributed by atoms with Gasteiger partial charge in [0.15, 0.2) is 6.10 Å². The maximum atomic E-state index is 11.2. The normalized spacial score (nSPS) is 21.3. The molecule has 5 rings (SSSR count). The summed E-state index contributed by atoms with van der Waals surface area (Å²) in [6, 6.07) is 16.1. The zero-order chi connectivity index (χ0) is 19.6. The molecule has 29 heavy (non-hydrogen) atoms. The minimum absolute atomic E-state index is 0.139. The molecule has 2 aliphatic heterocycles. The van der Waals surface area contributed by atoms with Crippen molar-refractivity contribution in [2.45, 2.75) is 25.0 Å². The Bertz CT molecular complexity index is 983. The maximum Gasteiger partial charge on any atom is 0.508 e. The van der Waals surface area contributed by atoms with E-state index in [1.54, 1.807) is 0 Å². The van der Waals surface area contributed by atoms with Crippen LogP contribution < -0.4 is 9.47 Å². The lowest BCUT2D eigenvalue weighted by atomic mass is 10.0. The fourth-order valence-corrected chi connectivity index (χ4v) is 3.94. The zero-order valence-corrected chi connectivity index (χ0v) is 16.0. The van der Waals surface area contributed by atoms with Crippen LogP contribution >= 0.6 is 0 Å². The van der Waals surface area contributed by atoms with Crippen LogP contribution in [0.15, 0.2) is 48.5 Å². The Morgan fingerprint density at radius 2 is 1.38 bits per heavy atom. The van der Waals surface area contributed by atoms with Crippen molar-refractivity contribution in [2.24, 2.45) is 0 Å². The molecule has 6 nitrogen and oxygen atoms in total. The molecule has 2 fully saturated rings. The van der Waals surface area contributed by atoms with Crippen LogP contribution in [0.5, 0.6) is 11.5 Å². The number of carbonyl (C=O) groups excluding carboxylic acids is 1. The van der Waals surface area contributed by atoms with Gasteiger partial charge in [0.05, 0.1) is 6.10 Å². The van der Waals surface area contributed by atoms with Gasteiger partial charge in [-0.2, -0.15) is 0 Å². The lowest BCUT2D eigenvalue weighted by molar-refractivity contribution is 0.0690. The molecule has 0 saturated carbocycles. The van der Waals surface area contributed by atoms with E-state index in [0.717, 1.165) is 52.5 Å². The van der Waals surface area contributed by atoms with Gasteiger partial charge >= 0.3 is 6.16 Å². The maximum absolute atomic E-state index is 11.2. The van der Waals surface area contributed by atoms with Gasteiger partial charge in [0, 0.05) is 28.2 Å². The van der Waals surface area contributed by atoms with E-state index in [9.17, 15) is 4.79 Å². The van der Waals surface area contributed by atoms with Crippen LogP contribution in [-0.2, 0) is 14.2 Å². The summed E-state index contributed by atoms with van der Waals surface area (Å²) in [5, 5.41) is 3.88. The monoisotopic (exact) mass is 394 g/mol. The Labute approximate surface area is 168 Å². The van der Waals surface area contributed by atoms with E-state index in [1.165, 1.54) is 0 Å². The second kappa shape index (κ2) is 7.79. The summed E-state index contributed by atoms with van der Waals surface area (Å²) < 4.78 is 28.1. The molecule has 0 bridgehead atoms. The zero-order valence-electron chi connectivity index (χ0n) is 16.0. The lowest BCUT2D eigenvalue weighted by Crippen LogP contribution is -2.20. The van der Waals surface area contributed by atoms with Crippen molar-refractivity contribution in [3.8, 4) is 11.5 Å². The average molecular weight is 394 g/mol. The molecule has 3 aromatic rings. The number of cyclic esters (lactones) is 2. The van der Waals surface area contributed by atoms with E-state index in [-0.39, 0.29) is 19.3 Å². The fraction of sp³-hybridized carbons (Fsp3) is 0.348. The Morgan fingerprint density at radius 3 is 1.83 bits per heavy atom. The standard InChI is InChI=1S/C23H22O6/c24-23-28-14-16(29-23)13-27-22-19-9-3-1-7-17(19)21(18-8-2-4-10-20(18)22)26-12-15-6-5-11-25-15/h1-4,7-10,15-16H,5-6,11-14H2. The smallest absolute Gasteiger partial charge is 0.490 e. The highest BCUT2D eigenvalue weighted by Crippen LogP contribution is 2.43. The van der Waals surface area contributed by atoms with Crippen molar-refractivity contribution in [3.63, 3.8) is 0 Å². The van der Waals surface area contributed by atoms with Crippen molar-refractivity contribution in [3.05, 3.63) is 48.5 Å². The van der Waals surface area contributed by atoms with E-state index in [0.29, 0.717) is 6.61 Å². The molecule has 0 aliphatic carbocycles. The average Bonchev–Trinajstić information content (AvgIpc) is 3.42. The first-order valence-electron chi connectivity index (χ1n) is 9.93. The van der Waals surface area contributed by atoms with Crippen LogP contribution in [0.25, 0.3) is 21.5 Å². The topological polar surface area (TPSA) is 63.2 Å². The Kier molecular flexibility index (Phi) is 4.86. The number of carbonyl (C=O) groups is 1. The van der Waals surface area contributed by atoms with Crippen molar-refractivity contribution >= 4 is 27.7 Å². The van der Waals surface area contributed by atoms with Crippen LogP contribution in [0.2, 0.25) is 0 Å². The van der Waals surface area contributed by atoms with Crippen molar-refractivity contribution in [1.82, 2.24) is 0 Å². The van der Waals surface area contributed by atoms with Gasteiger partial charge < -0.3 is 23.7 Å². The Hall–Kier alpha value is -2.99. The summed E-state index contributed by atoms with van der Waals surface area (Å²) >= 11 is 0. The molecule has 0 radical (unpaired) electrons. The summed E-state index contributed by atoms with van der Waals surface area (Å²) in [6.45, 7) is 1.77. The number of ether oxygens (including phenoxy) is 5. The summed E-state index contributed by atoms with van der Waals surface area (Å²) in [4.78, 5) is 11.2. The summed E-state index contributed by atoms with van der Waals surface area (Å²) in [7, 11) is 0. The van der Waals surface area contributed by atoms with Gasteiger partial charge in [0.1, 0.15) is 31.3 Å². The van der Waals surface area contributed by atoms with Gasteiger partial charge in [-0.1, -0.05) is 48.5 Å². The molecular weight excluding hydrogens is 372 g/mol. The lowest BCUT2D eigenvalue weighted by Gasteiger charge is -2.19. The van der Waals surface area contributed by atoms with Gasteiger partial charge in [0.2, 0.25) is 0 Å². The van der Waals surface area contributed by atoms with Crippen molar-refractivity contribution < 1.29 is 28.5 Å². The van der Waals surface area contributed by atoms with Crippen molar-refractivity contribution in [2.75, 3.05) is 26.4 Å². The second-order valence-corrected chi connectivity index (χ2v) is 7.31. The van der Waals surface area contributed by atoms with E-state index in [2.05, 4.69) is 0 Å². The third-order valence-electron chi connectivity index (χ3n) is 5.33. The molecule has 0 N–H and O–H groups in total. The number of hydrogen-bond donors (Lipinski definition) is 0. The molecule has 2 saturated heterocycles. The molecule has 150 valence electrons. The molecule has 0 spiro atoms. The number of fused-ring (bicyclic) bond motifs is 2. The molecule has 3 aromatic carbocycles. The molecule has 6 heteroatoms. The number of hydrogen-bond acceptors (Lipinski definition) is 6. The predicted octanol–water partition coefficient (Wildman–Crippen LogP) is 4.47. The highest BCUT2D eigenvalue weighted by Gasteiger charge is 2.26. The van der Waals surface area contributed by atoms with E-state index in [4.69, 9.17) is 23.7 Å². The SMILES string of the molecule is O=C1OCC(COc2c3ccccc3c(OCC3CCCO3)c3ccccc23)O1. The summed E-state index contributed by atoms with van der Waals surface area (Å²) in [5.41, 5.74) is 0.